The zero-order chi connectivity index (χ0) is 24.6. The Morgan fingerprint density at radius 3 is 2.57 bits per heavy atom. The molecule has 0 radical (unpaired) electrons. The van der Waals surface area contributed by atoms with Crippen molar-refractivity contribution >= 4 is 28.4 Å². The van der Waals surface area contributed by atoms with Gasteiger partial charge >= 0.3 is 0 Å². The number of benzene rings is 2. The fourth-order valence-corrected chi connectivity index (χ4v) is 5.80. The normalized spacial score (nSPS) is 29.3. The van der Waals surface area contributed by atoms with Gasteiger partial charge in [-0.2, -0.15) is 0 Å². The van der Waals surface area contributed by atoms with Crippen LogP contribution < -0.4 is 21.1 Å². The number of carbonyl (C=O) groups is 2. The van der Waals surface area contributed by atoms with Crippen LogP contribution in [0.4, 0.5) is 5.69 Å². The Hall–Kier alpha value is -3.56. The Kier molecular flexibility index (Phi) is 4.68. The number of para-hydroxylation sites is 2. The van der Waals surface area contributed by atoms with Gasteiger partial charge in [0.1, 0.15) is 23.6 Å². The van der Waals surface area contributed by atoms with Crippen LogP contribution >= 0.6 is 0 Å². The second kappa shape index (κ2) is 7.47. The predicted molar refractivity (Wildman–Crippen MR) is 130 cm³/mol. The Labute approximate surface area is 201 Å². The summed E-state index contributed by atoms with van der Waals surface area (Å²) >= 11 is 0. The van der Waals surface area contributed by atoms with Gasteiger partial charge < -0.3 is 10.4 Å². The summed E-state index contributed by atoms with van der Waals surface area (Å²) in [6.45, 7) is 5.68. The fourth-order valence-electron chi connectivity index (χ4n) is 5.80. The molecule has 3 N–H and O–H groups in total. The minimum absolute atomic E-state index is 0.0000307. The highest BCUT2D eigenvalue weighted by Gasteiger charge is 2.58. The number of carbonyl (C=O) groups excluding carboxylic acids is 2. The molecule has 9 heteroatoms. The minimum Gasteiger partial charge on any atom is -0.381 e. The van der Waals surface area contributed by atoms with E-state index < -0.39 is 29.9 Å². The first-order valence-electron chi connectivity index (χ1n) is 11.9. The molecule has 0 unspecified atom stereocenters. The largest absolute Gasteiger partial charge is 0.381 e. The molecule has 0 saturated carbocycles. The van der Waals surface area contributed by atoms with Crippen LogP contribution in [0.1, 0.15) is 50.7 Å². The molecular weight excluding hydrogens is 446 g/mol. The first-order chi connectivity index (χ1) is 16.7. The first-order valence-corrected chi connectivity index (χ1v) is 11.9. The number of nitrogens with zero attached hydrogens (tertiary/aromatic N) is 3. The van der Waals surface area contributed by atoms with Crippen molar-refractivity contribution in [3.8, 4) is 0 Å². The molecule has 1 fully saturated rings. The summed E-state index contributed by atoms with van der Waals surface area (Å²) in [6, 6.07) is 12.3. The van der Waals surface area contributed by atoms with E-state index in [1.54, 1.807) is 48.2 Å². The molecule has 2 amide bonds. The van der Waals surface area contributed by atoms with E-state index in [2.05, 4.69) is 10.6 Å². The number of aliphatic hydroxyl groups is 1. The summed E-state index contributed by atoms with van der Waals surface area (Å²) in [5.74, 6) is -0.0162. The summed E-state index contributed by atoms with van der Waals surface area (Å²) in [5, 5.41) is 18.8. The Bertz CT molecular complexity index is 1450. The zero-order valence-corrected chi connectivity index (χ0v) is 19.7. The van der Waals surface area contributed by atoms with Gasteiger partial charge in [-0.15, -0.1) is 0 Å². The van der Waals surface area contributed by atoms with Gasteiger partial charge in [-0.1, -0.05) is 44.2 Å². The molecule has 1 saturated heterocycles. The monoisotopic (exact) mass is 473 g/mol. The molecule has 180 valence electrons. The third-order valence-electron chi connectivity index (χ3n) is 7.55. The lowest BCUT2D eigenvalue weighted by Gasteiger charge is -2.39. The first kappa shape index (κ1) is 21.9. The van der Waals surface area contributed by atoms with E-state index in [9.17, 15) is 19.5 Å². The standard InChI is InChI=1S/C26H27N5O4/c1-13(2)20-21-28-17-10-6-4-8-15(17)24(34)30(21)19(22(32)29-20)12-26(35)16-9-5-7-11-18(16)31-23(33)14(3)27-25(26)31/h4-11,13-14,19-20,25,27,35H,12H2,1-3H3,(H,29,32)/t14-,19+,20-,25+,26+/m0/s1. The fraction of sp³-hybridized carbons (Fsp3) is 0.385. The highest BCUT2D eigenvalue weighted by molar-refractivity contribution is 6.02. The highest BCUT2D eigenvalue weighted by Crippen LogP contribution is 2.49. The number of hydrogen-bond donors (Lipinski definition) is 3. The second-order valence-corrected chi connectivity index (χ2v) is 10.1. The molecule has 4 heterocycles. The average molecular weight is 474 g/mol. The number of hydrogen-bond acceptors (Lipinski definition) is 6. The van der Waals surface area contributed by atoms with Gasteiger partial charge in [0.05, 0.1) is 28.7 Å². The van der Waals surface area contributed by atoms with Crippen LogP contribution in [0.2, 0.25) is 0 Å². The van der Waals surface area contributed by atoms with Crippen molar-refractivity contribution in [2.75, 3.05) is 4.90 Å². The lowest BCUT2D eigenvalue weighted by Crippen LogP contribution is -2.54. The molecule has 0 bridgehead atoms. The summed E-state index contributed by atoms with van der Waals surface area (Å²) < 4.78 is 1.45. The quantitative estimate of drug-likeness (QED) is 0.533. The molecule has 35 heavy (non-hydrogen) atoms. The molecule has 1 aromatic heterocycles. The van der Waals surface area contributed by atoms with E-state index >= 15 is 0 Å². The van der Waals surface area contributed by atoms with Gasteiger partial charge in [0.15, 0.2) is 0 Å². The van der Waals surface area contributed by atoms with E-state index in [0.29, 0.717) is 28.0 Å². The Morgan fingerprint density at radius 2 is 1.80 bits per heavy atom. The van der Waals surface area contributed by atoms with Gasteiger partial charge in [-0.3, -0.25) is 29.2 Å². The molecule has 3 aliphatic heterocycles. The van der Waals surface area contributed by atoms with Crippen molar-refractivity contribution < 1.29 is 14.7 Å². The van der Waals surface area contributed by atoms with Crippen LogP contribution in [0.15, 0.2) is 53.3 Å². The summed E-state index contributed by atoms with van der Waals surface area (Å²) in [4.78, 5) is 46.5. The second-order valence-electron chi connectivity index (χ2n) is 10.1. The number of amides is 2. The maximum Gasteiger partial charge on any atom is 0.262 e. The molecule has 3 aromatic rings. The van der Waals surface area contributed by atoms with Gasteiger partial charge in [0.2, 0.25) is 11.8 Å². The average Bonchev–Trinajstić information content (AvgIpc) is 3.27. The molecule has 5 atom stereocenters. The Balaban J connectivity index is 1.53. The topological polar surface area (TPSA) is 117 Å². The molecule has 0 spiro atoms. The van der Waals surface area contributed by atoms with Crippen molar-refractivity contribution in [3.63, 3.8) is 0 Å². The lowest BCUT2D eigenvalue weighted by atomic mass is 9.85. The Morgan fingerprint density at radius 1 is 1.09 bits per heavy atom. The number of anilines is 1. The molecule has 3 aliphatic rings. The molecule has 2 aromatic carbocycles. The van der Waals surface area contributed by atoms with Crippen LogP contribution in [0.5, 0.6) is 0 Å². The van der Waals surface area contributed by atoms with E-state index in [1.165, 1.54) is 4.57 Å². The third-order valence-corrected chi connectivity index (χ3v) is 7.55. The van der Waals surface area contributed by atoms with Crippen LogP contribution in [0, 0.1) is 5.92 Å². The van der Waals surface area contributed by atoms with E-state index in [1.807, 2.05) is 26.0 Å². The van der Waals surface area contributed by atoms with Gasteiger partial charge in [0, 0.05) is 12.0 Å². The molecule has 9 nitrogen and oxygen atoms in total. The van der Waals surface area contributed by atoms with E-state index in [0.717, 1.165) is 0 Å². The molecule has 6 rings (SSSR count). The van der Waals surface area contributed by atoms with Crippen LogP contribution in [0.3, 0.4) is 0 Å². The van der Waals surface area contributed by atoms with Crippen LogP contribution in [0.25, 0.3) is 10.9 Å². The molecule has 0 aliphatic carbocycles. The summed E-state index contributed by atoms with van der Waals surface area (Å²) in [6.07, 6.45) is -0.840. The van der Waals surface area contributed by atoms with Crippen LogP contribution in [-0.4, -0.2) is 38.7 Å². The minimum atomic E-state index is -1.59. The zero-order valence-electron chi connectivity index (χ0n) is 19.7. The number of nitrogens with one attached hydrogen (secondary N) is 2. The van der Waals surface area contributed by atoms with Crippen molar-refractivity contribution in [2.45, 2.75) is 57.1 Å². The van der Waals surface area contributed by atoms with E-state index in [-0.39, 0.29) is 29.7 Å². The SMILES string of the molecule is CC(C)[C@@H]1NC(=O)[C@@H](C[C@@]2(O)c3ccccc3N3C(=O)[C@H](C)N[C@H]32)n2c1nc1ccccc1c2=O. The van der Waals surface area contributed by atoms with Gasteiger partial charge in [-0.25, -0.2) is 4.98 Å². The van der Waals surface area contributed by atoms with Gasteiger partial charge in [0.25, 0.3) is 5.56 Å². The highest BCUT2D eigenvalue weighted by atomic mass is 16.3. The molecular formula is C26H27N5O4. The van der Waals surface area contributed by atoms with E-state index in [4.69, 9.17) is 4.98 Å². The smallest absolute Gasteiger partial charge is 0.262 e. The lowest BCUT2D eigenvalue weighted by molar-refractivity contribution is -0.130. The predicted octanol–water partition coefficient (Wildman–Crippen LogP) is 1.71. The summed E-state index contributed by atoms with van der Waals surface area (Å²) in [5.41, 5.74) is -0.169. The summed E-state index contributed by atoms with van der Waals surface area (Å²) in [7, 11) is 0. The number of rotatable bonds is 3. The van der Waals surface area contributed by atoms with Crippen LogP contribution in [-0.2, 0) is 15.2 Å². The maximum absolute atomic E-state index is 13.7. The number of aromatic nitrogens is 2. The van der Waals surface area contributed by atoms with Gasteiger partial charge in [-0.05, 0) is 31.0 Å². The third kappa shape index (κ3) is 2.94. The van der Waals surface area contributed by atoms with Crippen molar-refractivity contribution in [2.24, 2.45) is 5.92 Å². The van der Waals surface area contributed by atoms with Crippen molar-refractivity contribution in [1.29, 1.82) is 0 Å². The van der Waals surface area contributed by atoms with Crippen molar-refractivity contribution in [3.05, 3.63) is 70.3 Å². The van der Waals surface area contributed by atoms with Crippen molar-refractivity contribution in [1.82, 2.24) is 20.2 Å². The number of fused-ring (bicyclic) bond motifs is 5. The maximum atomic E-state index is 13.7.